The van der Waals surface area contributed by atoms with Gasteiger partial charge in [0.25, 0.3) is 5.91 Å². The minimum Gasteiger partial charge on any atom is -0.493 e. The quantitative estimate of drug-likeness (QED) is 0.533. The number of halogens is 4. The highest BCUT2D eigenvalue weighted by molar-refractivity contribution is 6.34. The molecule has 0 N–H and O–H groups in total. The van der Waals surface area contributed by atoms with Crippen LogP contribution in [0.15, 0.2) is 36.4 Å². The second kappa shape index (κ2) is 9.50. The molecule has 0 unspecified atom stereocenters. The first-order valence-corrected chi connectivity index (χ1v) is 9.62. The number of hydrogen-bond acceptors (Lipinski definition) is 4. The number of alkyl halides is 2. The molecule has 156 valence electrons. The van der Waals surface area contributed by atoms with Crippen molar-refractivity contribution in [1.29, 1.82) is 0 Å². The average molecular weight is 446 g/mol. The number of benzene rings is 2. The molecule has 1 aliphatic carbocycles. The van der Waals surface area contributed by atoms with E-state index in [1.54, 1.807) is 35.2 Å². The molecule has 0 heterocycles. The van der Waals surface area contributed by atoms with Crippen LogP contribution >= 0.6 is 23.2 Å². The monoisotopic (exact) mass is 445 g/mol. The number of hydrogen-bond donors (Lipinski definition) is 0. The lowest BCUT2D eigenvalue weighted by molar-refractivity contribution is -0.134. The van der Waals surface area contributed by atoms with Crippen LogP contribution in [0.25, 0.3) is 0 Å². The summed E-state index contributed by atoms with van der Waals surface area (Å²) in [6.07, 6.45) is 1.79. The normalized spacial score (nSPS) is 13.3. The van der Waals surface area contributed by atoms with Gasteiger partial charge in [0.05, 0.1) is 12.1 Å². The highest BCUT2D eigenvalue weighted by Gasteiger charge is 2.33. The zero-order chi connectivity index (χ0) is 21.0. The van der Waals surface area contributed by atoms with Crippen molar-refractivity contribution in [1.82, 2.24) is 4.90 Å². The minimum absolute atomic E-state index is 0.0607. The van der Waals surface area contributed by atoms with Crippen LogP contribution in [0.1, 0.15) is 18.4 Å². The summed E-state index contributed by atoms with van der Waals surface area (Å²) in [5.74, 6) is 0.233. The molecule has 1 amide bonds. The van der Waals surface area contributed by atoms with Gasteiger partial charge in [-0.15, -0.1) is 0 Å². The van der Waals surface area contributed by atoms with E-state index in [4.69, 9.17) is 32.7 Å². The topological polar surface area (TPSA) is 48.0 Å². The number of methoxy groups -OCH3 is 1. The summed E-state index contributed by atoms with van der Waals surface area (Å²) in [7, 11) is 1.36. The molecule has 0 aromatic heterocycles. The van der Waals surface area contributed by atoms with Crippen LogP contribution in [-0.4, -0.2) is 37.2 Å². The SMILES string of the molecule is COc1cc(CN(C(=O)COc2cc(Cl)ccc2Cl)C2CC2)ccc1OC(F)F. The second-order valence-electron chi connectivity index (χ2n) is 6.48. The number of nitrogens with zero attached hydrogens (tertiary/aromatic N) is 1. The summed E-state index contributed by atoms with van der Waals surface area (Å²) in [6.45, 7) is -2.85. The molecule has 3 rings (SSSR count). The van der Waals surface area contributed by atoms with E-state index in [2.05, 4.69) is 4.74 Å². The van der Waals surface area contributed by atoms with Crippen LogP contribution in [0.4, 0.5) is 8.78 Å². The van der Waals surface area contributed by atoms with Crippen LogP contribution in [0.3, 0.4) is 0 Å². The van der Waals surface area contributed by atoms with Gasteiger partial charge in [0, 0.05) is 23.7 Å². The lowest BCUT2D eigenvalue weighted by atomic mass is 10.2. The standard InChI is InChI=1S/C20H19Cl2F2NO4/c1-27-18-8-12(2-7-16(18)29-20(23)24)10-25(14-4-5-14)19(26)11-28-17-9-13(21)3-6-15(17)22/h2-3,6-9,14,20H,4-5,10-11H2,1H3. The van der Waals surface area contributed by atoms with Crippen molar-refractivity contribution >= 4 is 29.1 Å². The van der Waals surface area contributed by atoms with E-state index in [0.717, 1.165) is 18.4 Å². The largest absolute Gasteiger partial charge is 0.493 e. The van der Waals surface area contributed by atoms with Gasteiger partial charge in [0.1, 0.15) is 5.75 Å². The molecule has 1 aliphatic rings. The third kappa shape index (κ3) is 5.87. The third-order valence-corrected chi connectivity index (χ3v) is 4.90. The van der Waals surface area contributed by atoms with Crippen molar-refractivity contribution in [2.45, 2.75) is 32.0 Å². The summed E-state index contributed by atoms with van der Waals surface area (Å²) in [5, 5.41) is 0.814. The van der Waals surface area contributed by atoms with Crippen molar-refractivity contribution < 1.29 is 27.8 Å². The van der Waals surface area contributed by atoms with E-state index in [0.29, 0.717) is 22.3 Å². The van der Waals surface area contributed by atoms with Gasteiger partial charge in [0.15, 0.2) is 18.1 Å². The summed E-state index contributed by atoms with van der Waals surface area (Å²) in [6, 6.07) is 9.49. The Kier molecular flexibility index (Phi) is 7.03. The highest BCUT2D eigenvalue weighted by Crippen LogP contribution is 2.33. The van der Waals surface area contributed by atoms with Crippen LogP contribution in [0.5, 0.6) is 17.2 Å². The molecule has 5 nitrogen and oxygen atoms in total. The molecule has 1 saturated carbocycles. The van der Waals surface area contributed by atoms with Crippen molar-refractivity contribution in [3.63, 3.8) is 0 Å². The van der Waals surface area contributed by atoms with Gasteiger partial charge in [0.2, 0.25) is 0 Å². The van der Waals surface area contributed by atoms with Gasteiger partial charge in [-0.2, -0.15) is 8.78 Å². The van der Waals surface area contributed by atoms with E-state index in [1.165, 1.54) is 13.2 Å². The Bertz CT molecular complexity index is 878. The Morgan fingerprint density at radius 2 is 1.90 bits per heavy atom. The zero-order valence-electron chi connectivity index (χ0n) is 15.5. The maximum atomic E-state index is 12.7. The van der Waals surface area contributed by atoms with Gasteiger partial charge >= 0.3 is 6.61 Å². The average Bonchev–Trinajstić information content (AvgIpc) is 3.52. The molecule has 0 atom stereocenters. The van der Waals surface area contributed by atoms with Crippen molar-refractivity contribution in [3.8, 4) is 17.2 Å². The van der Waals surface area contributed by atoms with Crippen LogP contribution in [0, 0.1) is 0 Å². The lowest BCUT2D eigenvalue weighted by Crippen LogP contribution is -2.36. The maximum Gasteiger partial charge on any atom is 0.387 e. The summed E-state index contributed by atoms with van der Waals surface area (Å²) in [5.41, 5.74) is 0.726. The van der Waals surface area contributed by atoms with Gasteiger partial charge in [-0.1, -0.05) is 29.3 Å². The number of carbonyl (C=O) groups is 1. The summed E-state index contributed by atoms with van der Waals surface area (Å²) in [4.78, 5) is 14.4. The summed E-state index contributed by atoms with van der Waals surface area (Å²) >= 11 is 12.0. The summed E-state index contributed by atoms with van der Waals surface area (Å²) < 4.78 is 40.1. The minimum atomic E-state index is -2.95. The third-order valence-electron chi connectivity index (χ3n) is 4.35. The fraction of sp³-hybridized carbons (Fsp3) is 0.350. The smallest absolute Gasteiger partial charge is 0.387 e. The van der Waals surface area contributed by atoms with Gasteiger partial charge < -0.3 is 19.1 Å². The number of ether oxygens (including phenoxy) is 3. The highest BCUT2D eigenvalue weighted by atomic mass is 35.5. The predicted molar refractivity (Wildman–Crippen MR) is 105 cm³/mol. The Morgan fingerprint density at radius 1 is 1.14 bits per heavy atom. The van der Waals surface area contributed by atoms with Crippen molar-refractivity contribution in [2.24, 2.45) is 0 Å². The molecule has 2 aromatic rings. The van der Waals surface area contributed by atoms with E-state index >= 15 is 0 Å². The first-order chi connectivity index (χ1) is 13.9. The second-order valence-corrected chi connectivity index (χ2v) is 7.32. The van der Waals surface area contributed by atoms with Gasteiger partial charge in [-0.25, -0.2) is 0 Å². The zero-order valence-corrected chi connectivity index (χ0v) is 17.1. The van der Waals surface area contributed by atoms with Crippen molar-refractivity contribution in [2.75, 3.05) is 13.7 Å². The Hall–Kier alpha value is -2.25. The van der Waals surface area contributed by atoms with E-state index in [-0.39, 0.29) is 30.1 Å². The molecule has 1 fully saturated rings. The number of carbonyl (C=O) groups excluding carboxylic acids is 1. The van der Waals surface area contributed by atoms with Crippen LogP contribution in [-0.2, 0) is 11.3 Å². The molecule has 2 aromatic carbocycles. The molecule has 29 heavy (non-hydrogen) atoms. The number of amides is 1. The Balaban J connectivity index is 1.68. The van der Waals surface area contributed by atoms with Crippen LogP contribution < -0.4 is 14.2 Å². The molecular weight excluding hydrogens is 427 g/mol. The van der Waals surface area contributed by atoms with Crippen molar-refractivity contribution in [3.05, 3.63) is 52.0 Å². The molecular formula is C20H19Cl2F2NO4. The fourth-order valence-corrected chi connectivity index (χ4v) is 3.15. The molecule has 0 saturated heterocycles. The van der Waals surface area contributed by atoms with Crippen LogP contribution in [0.2, 0.25) is 10.0 Å². The molecule has 0 bridgehead atoms. The molecule has 9 heteroatoms. The fourth-order valence-electron chi connectivity index (χ4n) is 2.82. The number of rotatable bonds is 9. The molecule has 0 radical (unpaired) electrons. The molecule has 0 spiro atoms. The van der Waals surface area contributed by atoms with E-state index < -0.39 is 6.61 Å². The Morgan fingerprint density at radius 3 is 2.55 bits per heavy atom. The van der Waals surface area contributed by atoms with Gasteiger partial charge in [-0.05, 0) is 42.7 Å². The lowest BCUT2D eigenvalue weighted by Gasteiger charge is -2.23. The molecule has 0 aliphatic heterocycles. The van der Waals surface area contributed by atoms with E-state index in [9.17, 15) is 13.6 Å². The van der Waals surface area contributed by atoms with E-state index in [1.807, 2.05) is 0 Å². The first-order valence-electron chi connectivity index (χ1n) is 8.86. The Labute approximate surface area is 177 Å². The first kappa shape index (κ1) is 21.5. The predicted octanol–water partition coefficient (Wildman–Crippen LogP) is 5.17. The van der Waals surface area contributed by atoms with Gasteiger partial charge in [-0.3, -0.25) is 4.79 Å². The maximum absolute atomic E-state index is 12.7.